The quantitative estimate of drug-likeness (QED) is 0.494. The maximum Gasteiger partial charge on any atom is 0.231 e. The largest absolute Gasteiger partial charge is 0.507 e. The van der Waals surface area contributed by atoms with Crippen LogP contribution in [0.5, 0.6) is 5.75 Å². The highest BCUT2D eigenvalue weighted by molar-refractivity contribution is 6.11. The van der Waals surface area contributed by atoms with Crippen molar-refractivity contribution in [1.82, 2.24) is 0 Å². The summed E-state index contributed by atoms with van der Waals surface area (Å²) in [5, 5.41) is 15.7. The van der Waals surface area contributed by atoms with Crippen LogP contribution in [0.4, 0.5) is 5.69 Å². The van der Waals surface area contributed by atoms with Gasteiger partial charge in [0.1, 0.15) is 5.75 Å². The molecule has 1 aliphatic rings. The molecule has 4 heteroatoms. The van der Waals surface area contributed by atoms with E-state index in [1.165, 1.54) is 0 Å². The summed E-state index contributed by atoms with van der Waals surface area (Å²) in [6.45, 7) is 12.7. The monoisotopic (exact) mass is 428 g/mol. The van der Waals surface area contributed by atoms with Gasteiger partial charge in [-0.1, -0.05) is 95.2 Å². The molecule has 1 heterocycles. The number of anilines is 1. The molecule has 4 rings (SSSR count). The predicted octanol–water partition coefficient (Wildman–Crippen LogP) is 6.88. The van der Waals surface area contributed by atoms with Crippen LogP contribution in [-0.2, 0) is 15.7 Å². The number of hydrogen-bond donors (Lipinski definition) is 1. The van der Waals surface area contributed by atoms with Gasteiger partial charge in [0, 0.05) is 27.9 Å². The Kier molecular flexibility index (Phi) is 5.49. The van der Waals surface area contributed by atoms with E-state index in [1.54, 1.807) is 0 Å². The van der Waals surface area contributed by atoms with Crippen molar-refractivity contribution in [1.29, 1.82) is 0 Å². The van der Waals surface area contributed by atoms with Crippen molar-refractivity contribution in [2.24, 2.45) is 5.16 Å². The molecule has 0 amide bonds. The van der Waals surface area contributed by atoms with Gasteiger partial charge in [0.05, 0.1) is 0 Å². The topological polar surface area (TPSA) is 45.1 Å². The molecule has 1 aliphatic heterocycles. The summed E-state index contributed by atoms with van der Waals surface area (Å²) in [6.07, 6.45) is -0.362. The zero-order valence-electron chi connectivity index (χ0n) is 19.8. The number of nitrogens with zero attached hydrogens (tertiary/aromatic N) is 2. The molecule has 0 bridgehead atoms. The Hall–Kier alpha value is -3.27. The van der Waals surface area contributed by atoms with Crippen molar-refractivity contribution < 1.29 is 9.94 Å². The van der Waals surface area contributed by atoms with E-state index >= 15 is 0 Å². The number of phenolic OH excluding ortho intramolecular Hbond substituents is 1. The maximum absolute atomic E-state index is 11.2. The third kappa shape index (κ3) is 4.10. The van der Waals surface area contributed by atoms with E-state index in [2.05, 4.69) is 88.0 Å². The first kappa shape index (κ1) is 21.9. The van der Waals surface area contributed by atoms with Gasteiger partial charge in [0.2, 0.25) is 6.23 Å². The van der Waals surface area contributed by atoms with Crippen molar-refractivity contribution >= 4 is 11.5 Å². The van der Waals surface area contributed by atoms with E-state index < -0.39 is 0 Å². The molecule has 3 aromatic rings. The lowest BCUT2D eigenvalue weighted by Gasteiger charge is -2.30. The Bertz CT molecular complexity index is 1090. The molecule has 1 atom stereocenters. The fraction of sp³-hybridized carbons (Fsp3) is 0.321. The second kappa shape index (κ2) is 8.01. The zero-order chi connectivity index (χ0) is 23.1. The Balaban J connectivity index is 1.90. The van der Waals surface area contributed by atoms with E-state index in [1.807, 2.05) is 36.4 Å². The Morgan fingerprint density at radius 3 is 1.78 bits per heavy atom. The normalized spacial score (nSPS) is 16.6. The molecular formula is C28H32N2O2. The second-order valence-corrected chi connectivity index (χ2v) is 10.4. The molecule has 0 spiro atoms. The molecule has 0 aliphatic carbocycles. The number of benzene rings is 3. The summed E-state index contributed by atoms with van der Waals surface area (Å²) in [5.41, 5.74) is 4.31. The molecule has 3 aromatic carbocycles. The number of aromatic hydroxyl groups is 1. The summed E-state index contributed by atoms with van der Waals surface area (Å²) in [6, 6.07) is 24.4. The fourth-order valence-corrected chi connectivity index (χ4v) is 4.07. The van der Waals surface area contributed by atoms with E-state index in [-0.39, 0.29) is 17.1 Å². The number of para-hydroxylation sites is 1. The summed E-state index contributed by atoms with van der Waals surface area (Å²) in [7, 11) is 0. The SMILES string of the molecule is CC(C)(C)c1cc(C2=NO[C@@H](c3ccccc3)N2c2ccccc2)cc(C(C)(C)C)c1O. The minimum atomic E-state index is -0.362. The van der Waals surface area contributed by atoms with Gasteiger partial charge in [-0.05, 0) is 35.1 Å². The molecule has 4 nitrogen and oxygen atoms in total. The first-order valence-corrected chi connectivity index (χ1v) is 11.1. The summed E-state index contributed by atoms with van der Waals surface area (Å²) < 4.78 is 0. The third-order valence-corrected chi connectivity index (χ3v) is 5.80. The minimum absolute atomic E-state index is 0.226. The van der Waals surface area contributed by atoms with Crippen molar-refractivity contribution in [3.05, 3.63) is 95.1 Å². The first-order valence-electron chi connectivity index (χ1n) is 11.1. The molecule has 32 heavy (non-hydrogen) atoms. The number of amidine groups is 1. The highest BCUT2D eigenvalue weighted by atomic mass is 16.7. The maximum atomic E-state index is 11.2. The third-order valence-electron chi connectivity index (χ3n) is 5.80. The first-order chi connectivity index (χ1) is 15.1. The number of rotatable bonds is 3. The standard InChI is InChI=1S/C28H32N2O2/c1-27(2,3)22-17-20(18-23(24(22)31)28(4,5)6)25-29-32-26(19-13-9-7-10-14-19)30(25)21-15-11-8-12-16-21/h7-18,26,31H,1-6H3/t26-/m0/s1. The average Bonchev–Trinajstić information content (AvgIpc) is 3.18. The Morgan fingerprint density at radius 2 is 1.28 bits per heavy atom. The summed E-state index contributed by atoms with van der Waals surface area (Å²) >= 11 is 0. The van der Waals surface area contributed by atoms with E-state index in [0.29, 0.717) is 5.75 Å². The van der Waals surface area contributed by atoms with Gasteiger partial charge in [0.25, 0.3) is 0 Å². The lowest BCUT2D eigenvalue weighted by Crippen LogP contribution is -2.32. The van der Waals surface area contributed by atoms with Gasteiger partial charge in [-0.25, -0.2) is 0 Å². The zero-order valence-corrected chi connectivity index (χ0v) is 19.8. The molecule has 0 fully saturated rings. The minimum Gasteiger partial charge on any atom is -0.507 e. The van der Waals surface area contributed by atoms with Crippen LogP contribution in [0.2, 0.25) is 0 Å². The lowest BCUT2D eigenvalue weighted by molar-refractivity contribution is 0.0868. The smallest absolute Gasteiger partial charge is 0.231 e. The predicted molar refractivity (Wildman–Crippen MR) is 131 cm³/mol. The molecule has 1 N–H and O–H groups in total. The molecule has 0 saturated heterocycles. The van der Waals surface area contributed by atoms with Gasteiger partial charge in [-0.2, -0.15) is 0 Å². The summed E-state index contributed by atoms with van der Waals surface area (Å²) in [4.78, 5) is 8.13. The van der Waals surface area contributed by atoms with E-state index in [4.69, 9.17) is 4.84 Å². The van der Waals surface area contributed by atoms with Crippen molar-refractivity contribution in [2.45, 2.75) is 58.6 Å². The lowest BCUT2D eigenvalue weighted by atomic mass is 9.78. The highest BCUT2D eigenvalue weighted by Gasteiger charge is 2.36. The fourth-order valence-electron chi connectivity index (χ4n) is 4.07. The number of oxime groups is 1. The molecule has 0 unspecified atom stereocenters. The van der Waals surface area contributed by atoms with Crippen LogP contribution in [0, 0.1) is 0 Å². The Morgan fingerprint density at radius 1 is 0.781 bits per heavy atom. The van der Waals surface area contributed by atoms with Gasteiger partial charge in [0.15, 0.2) is 5.84 Å². The van der Waals surface area contributed by atoms with Crippen molar-refractivity contribution in [3.63, 3.8) is 0 Å². The van der Waals surface area contributed by atoms with Gasteiger partial charge < -0.3 is 9.94 Å². The van der Waals surface area contributed by atoms with E-state index in [9.17, 15) is 5.11 Å². The van der Waals surface area contributed by atoms with Crippen LogP contribution >= 0.6 is 0 Å². The van der Waals surface area contributed by atoms with Crippen LogP contribution in [0.25, 0.3) is 0 Å². The molecule has 166 valence electrons. The van der Waals surface area contributed by atoms with Crippen molar-refractivity contribution in [2.75, 3.05) is 4.90 Å². The number of hydrogen-bond acceptors (Lipinski definition) is 4. The van der Waals surface area contributed by atoms with Crippen LogP contribution in [0.15, 0.2) is 78.0 Å². The second-order valence-electron chi connectivity index (χ2n) is 10.4. The Labute approximate surface area is 191 Å². The van der Waals surface area contributed by atoms with Gasteiger partial charge >= 0.3 is 0 Å². The highest BCUT2D eigenvalue weighted by Crippen LogP contribution is 2.42. The van der Waals surface area contributed by atoms with Crippen LogP contribution in [-0.4, -0.2) is 10.9 Å². The molecule has 0 radical (unpaired) electrons. The van der Waals surface area contributed by atoms with Gasteiger partial charge in [-0.3, -0.25) is 4.90 Å². The van der Waals surface area contributed by atoms with Crippen LogP contribution < -0.4 is 4.90 Å². The van der Waals surface area contributed by atoms with Gasteiger partial charge in [-0.15, -0.1) is 0 Å². The average molecular weight is 429 g/mol. The summed E-state index contributed by atoms with van der Waals surface area (Å²) in [5.74, 6) is 1.10. The van der Waals surface area contributed by atoms with Crippen molar-refractivity contribution in [3.8, 4) is 5.75 Å². The number of phenols is 1. The van der Waals surface area contributed by atoms with Crippen LogP contribution in [0.1, 0.15) is 70.0 Å². The van der Waals surface area contributed by atoms with E-state index in [0.717, 1.165) is 33.8 Å². The molecular weight excluding hydrogens is 396 g/mol. The molecule has 0 aromatic heterocycles. The molecule has 0 saturated carbocycles. The van der Waals surface area contributed by atoms with Crippen LogP contribution in [0.3, 0.4) is 0 Å².